The van der Waals surface area contributed by atoms with Crippen LogP contribution in [0, 0.1) is 0 Å². The monoisotopic (exact) mass is 391 g/mol. The third-order valence-electron chi connectivity index (χ3n) is 4.83. The molecule has 1 N–H and O–H groups in total. The summed E-state index contributed by atoms with van der Waals surface area (Å²) in [6.45, 7) is 5.84. The first-order chi connectivity index (χ1) is 12.5. The number of hydrogen-bond donors (Lipinski definition) is 1. The third-order valence-corrected chi connectivity index (χ3v) is 5.43. The van der Waals surface area contributed by atoms with Crippen LogP contribution in [0.3, 0.4) is 0 Å². The molecule has 1 aliphatic heterocycles. The van der Waals surface area contributed by atoms with E-state index in [0.717, 1.165) is 42.5 Å². The van der Waals surface area contributed by atoms with Gasteiger partial charge in [-0.3, -0.25) is 9.69 Å². The Balaban J connectivity index is 1.50. The summed E-state index contributed by atoms with van der Waals surface area (Å²) in [5.41, 5.74) is 2.06. The normalized spacial score (nSPS) is 16.3. The molecule has 2 aromatic rings. The molecule has 138 valence electrons. The van der Waals surface area contributed by atoms with E-state index >= 15 is 0 Å². The van der Waals surface area contributed by atoms with E-state index in [2.05, 4.69) is 21.2 Å². The van der Waals surface area contributed by atoms with Crippen molar-refractivity contribution in [2.24, 2.45) is 0 Å². The molecule has 1 atom stereocenters. The van der Waals surface area contributed by atoms with E-state index in [1.165, 1.54) is 0 Å². The van der Waals surface area contributed by atoms with Gasteiger partial charge in [-0.1, -0.05) is 47.5 Å². The van der Waals surface area contributed by atoms with Gasteiger partial charge in [-0.05, 0) is 36.8 Å². The van der Waals surface area contributed by atoms with Gasteiger partial charge in [0.05, 0.1) is 6.04 Å². The van der Waals surface area contributed by atoms with E-state index in [1.807, 2.05) is 49.4 Å². The van der Waals surface area contributed by atoms with Crippen molar-refractivity contribution in [3.63, 3.8) is 0 Å². The molecule has 26 heavy (non-hydrogen) atoms. The molecule has 0 bridgehead atoms. The molecule has 0 aromatic heterocycles. The molecule has 0 spiro atoms. The zero-order valence-electron chi connectivity index (χ0n) is 14.8. The number of benzene rings is 2. The smallest absolute Gasteiger partial charge is 0.237 e. The number of carbonyl (C=O) groups is 1. The Morgan fingerprint density at radius 1 is 1.08 bits per heavy atom. The van der Waals surface area contributed by atoms with Crippen molar-refractivity contribution < 1.29 is 4.79 Å². The first kappa shape index (κ1) is 19.0. The van der Waals surface area contributed by atoms with Crippen LogP contribution in [0.25, 0.3) is 0 Å². The highest BCUT2D eigenvalue weighted by Crippen LogP contribution is 2.21. The lowest BCUT2D eigenvalue weighted by atomic mass is 10.2. The molecule has 4 nitrogen and oxygen atoms in total. The quantitative estimate of drug-likeness (QED) is 0.841. The summed E-state index contributed by atoms with van der Waals surface area (Å²) in [5, 5.41) is 4.42. The fourth-order valence-electron chi connectivity index (χ4n) is 3.18. The number of halogens is 2. The molecular formula is C20H23Cl2N3O. The fraction of sp³-hybridized carbons (Fsp3) is 0.350. The lowest BCUT2D eigenvalue weighted by Crippen LogP contribution is -2.53. The first-order valence-electron chi connectivity index (χ1n) is 8.80. The third kappa shape index (κ3) is 4.70. The highest BCUT2D eigenvalue weighted by molar-refractivity contribution is 6.31. The van der Waals surface area contributed by atoms with Gasteiger partial charge in [0.1, 0.15) is 0 Å². The van der Waals surface area contributed by atoms with Gasteiger partial charge in [0.2, 0.25) is 5.91 Å². The molecule has 1 aliphatic rings. The van der Waals surface area contributed by atoms with Crippen LogP contribution in [0.1, 0.15) is 12.5 Å². The molecule has 0 unspecified atom stereocenters. The highest BCUT2D eigenvalue weighted by Gasteiger charge is 2.25. The number of nitrogens with one attached hydrogen (secondary N) is 1. The van der Waals surface area contributed by atoms with Gasteiger partial charge < -0.3 is 10.2 Å². The van der Waals surface area contributed by atoms with Crippen molar-refractivity contribution in [2.75, 3.05) is 31.1 Å². The summed E-state index contributed by atoms with van der Waals surface area (Å²) in [5.74, 6) is 0.0288. The number of anilines is 1. The van der Waals surface area contributed by atoms with E-state index in [4.69, 9.17) is 23.2 Å². The van der Waals surface area contributed by atoms with Crippen molar-refractivity contribution in [2.45, 2.75) is 19.5 Å². The van der Waals surface area contributed by atoms with Crippen molar-refractivity contribution >= 4 is 34.8 Å². The summed E-state index contributed by atoms with van der Waals surface area (Å²) in [6, 6.07) is 15.3. The molecule has 1 saturated heterocycles. The molecule has 6 heteroatoms. The molecule has 1 heterocycles. The van der Waals surface area contributed by atoms with E-state index in [-0.39, 0.29) is 11.9 Å². The Hall–Kier alpha value is -1.75. The second-order valence-corrected chi connectivity index (χ2v) is 7.33. The Labute approximate surface area is 164 Å². The van der Waals surface area contributed by atoms with Gasteiger partial charge in [-0.15, -0.1) is 0 Å². The molecule has 2 aromatic carbocycles. The number of nitrogens with zero attached hydrogens (tertiary/aromatic N) is 2. The van der Waals surface area contributed by atoms with Crippen molar-refractivity contribution in [1.29, 1.82) is 0 Å². The number of carbonyl (C=O) groups excluding carboxylic acids is 1. The summed E-state index contributed by atoms with van der Waals surface area (Å²) >= 11 is 12.2. The van der Waals surface area contributed by atoms with Crippen LogP contribution in [-0.2, 0) is 11.3 Å². The maximum absolute atomic E-state index is 12.5. The van der Waals surface area contributed by atoms with E-state index < -0.39 is 0 Å². The second kappa shape index (κ2) is 8.76. The number of piperazine rings is 1. The summed E-state index contributed by atoms with van der Waals surface area (Å²) in [7, 11) is 0. The van der Waals surface area contributed by atoms with Crippen LogP contribution < -0.4 is 10.2 Å². The molecule has 0 saturated carbocycles. The zero-order chi connectivity index (χ0) is 18.5. The predicted molar refractivity (Wildman–Crippen MR) is 108 cm³/mol. The zero-order valence-corrected chi connectivity index (χ0v) is 16.3. The molecule has 0 radical (unpaired) electrons. The standard InChI is InChI=1S/C20H23Cl2N3O/c1-15(20(26)23-14-16-5-2-3-8-19(16)22)24-9-11-25(12-10-24)18-7-4-6-17(21)13-18/h2-8,13,15H,9-12,14H2,1H3,(H,23,26)/t15-/m0/s1. The Bertz CT molecular complexity index is 760. The predicted octanol–water partition coefficient (Wildman–Crippen LogP) is 3.82. The average molecular weight is 392 g/mol. The van der Waals surface area contributed by atoms with Gasteiger partial charge in [0.25, 0.3) is 0 Å². The highest BCUT2D eigenvalue weighted by atomic mass is 35.5. The topological polar surface area (TPSA) is 35.6 Å². The Morgan fingerprint density at radius 2 is 1.81 bits per heavy atom. The van der Waals surface area contributed by atoms with Crippen LogP contribution in [-0.4, -0.2) is 43.0 Å². The number of amides is 1. The number of rotatable bonds is 5. The molecule has 1 fully saturated rings. The van der Waals surface area contributed by atoms with Crippen molar-refractivity contribution in [1.82, 2.24) is 10.2 Å². The van der Waals surface area contributed by atoms with E-state index in [0.29, 0.717) is 11.6 Å². The van der Waals surface area contributed by atoms with Gasteiger partial charge in [-0.25, -0.2) is 0 Å². The van der Waals surface area contributed by atoms with Gasteiger partial charge in [-0.2, -0.15) is 0 Å². The van der Waals surface area contributed by atoms with Crippen molar-refractivity contribution in [3.8, 4) is 0 Å². The minimum Gasteiger partial charge on any atom is -0.369 e. The lowest BCUT2D eigenvalue weighted by Gasteiger charge is -2.38. The maximum Gasteiger partial charge on any atom is 0.237 e. The van der Waals surface area contributed by atoms with E-state index in [9.17, 15) is 4.79 Å². The van der Waals surface area contributed by atoms with Crippen molar-refractivity contribution in [3.05, 3.63) is 64.1 Å². The van der Waals surface area contributed by atoms with E-state index in [1.54, 1.807) is 0 Å². The minimum absolute atomic E-state index is 0.0288. The van der Waals surface area contributed by atoms with Gasteiger partial charge in [0.15, 0.2) is 0 Å². The average Bonchev–Trinajstić information content (AvgIpc) is 2.66. The SMILES string of the molecule is C[C@@H](C(=O)NCc1ccccc1Cl)N1CCN(c2cccc(Cl)c2)CC1. The number of hydrogen-bond acceptors (Lipinski definition) is 3. The van der Waals surface area contributed by atoms with Crippen LogP contribution in [0.4, 0.5) is 5.69 Å². The van der Waals surface area contributed by atoms with Gasteiger partial charge in [0, 0.05) is 48.5 Å². The summed E-state index contributed by atoms with van der Waals surface area (Å²) in [6.07, 6.45) is 0. The van der Waals surface area contributed by atoms with Crippen LogP contribution in [0.5, 0.6) is 0 Å². The first-order valence-corrected chi connectivity index (χ1v) is 9.56. The summed E-state index contributed by atoms with van der Waals surface area (Å²) in [4.78, 5) is 17.0. The molecular weight excluding hydrogens is 369 g/mol. The van der Waals surface area contributed by atoms with Crippen LogP contribution in [0.2, 0.25) is 10.0 Å². The molecule has 3 rings (SSSR count). The van der Waals surface area contributed by atoms with Crippen LogP contribution in [0.15, 0.2) is 48.5 Å². The molecule has 0 aliphatic carbocycles. The fourth-order valence-corrected chi connectivity index (χ4v) is 3.56. The Morgan fingerprint density at radius 3 is 2.50 bits per heavy atom. The maximum atomic E-state index is 12.5. The largest absolute Gasteiger partial charge is 0.369 e. The summed E-state index contributed by atoms with van der Waals surface area (Å²) < 4.78 is 0. The lowest BCUT2D eigenvalue weighted by molar-refractivity contribution is -0.126. The molecule has 1 amide bonds. The minimum atomic E-state index is -0.168. The van der Waals surface area contributed by atoms with Gasteiger partial charge >= 0.3 is 0 Å². The van der Waals surface area contributed by atoms with Crippen LogP contribution >= 0.6 is 23.2 Å². The second-order valence-electron chi connectivity index (χ2n) is 6.49. The Kier molecular flexibility index (Phi) is 6.41.